The zero-order valence-corrected chi connectivity index (χ0v) is 15.5. The van der Waals surface area contributed by atoms with Crippen molar-refractivity contribution in [3.63, 3.8) is 0 Å². The molecule has 2 aliphatic rings. The molecule has 2 aliphatic heterocycles. The van der Waals surface area contributed by atoms with Crippen molar-refractivity contribution in [2.24, 2.45) is 5.92 Å². The summed E-state index contributed by atoms with van der Waals surface area (Å²) in [6, 6.07) is 7.77. The summed E-state index contributed by atoms with van der Waals surface area (Å²) in [5, 5.41) is 0.720. The van der Waals surface area contributed by atoms with Crippen molar-refractivity contribution < 1.29 is 9.59 Å². The van der Waals surface area contributed by atoms with E-state index in [4.69, 9.17) is 11.6 Å². The van der Waals surface area contributed by atoms with Crippen LogP contribution in [0.15, 0.2) is 24.3 Å². The molecule has 2 heterocycles. The predicted octanol–water partition coefficient (Wildman–Crippen LogP) is 2.64. The average molecular weight is 364 g/mol. The molecule has 2 amide bonds. The summed E-state index contributed by atoms with van der Waals surface area (Å²) in [4.78, 5) is 30.7. The number of piperidine rings is 1. The van der Waals surface area contributed by atoms with E-state index in [9.17, 15) is 9.59 Å². The van der Waals surface area contributed by atoms with Gasteiger partial charge in [0.25, 0.3) is 0 Å². The maximum Gasteiger partial charge on any atom is 0.232 e. The molecule has 6 heteroatoms. The maximum absolute atomic E-state index is 12.5. The van der Waals surface area contributed by atoms with Gasteiger partial charge in [-0.2, -0.15) is 0 Å². The van der Waals surface area contributed by atoms with Crippen LogP contribution in [0.2, 0.25) is 5.02 Å². The number of nitrogens with zero attached hydrogens (tertiary/aromatic N) is 3. The number of benzene rings is 1. The minimum absolute atomic E-state index is 0.00550. The summed E-state index contributed by atoms with van der Waals surface area (Å²) in [7, 11) is 0. The molecule has 2 saturated heterocycles. The topological polar surface area (TPSA) is 43.9 Å². The zero-order chi connectivity index (χ0) is 17.8. The molecule has 1 aromatic carbocycles. The summed E-state index contributed by atoms with van der Waals surface area (Å²) < 4.78 is 0. The van der Waals surface area contributed by atoms with E-state index in [1.54, 1.807) is 0 Å². The van der Waals surface area contributed by atoms with E-state index in [0.717, 1.165) is 49.7 Å². The Morgan fingerprint density at radius 2 is 1.60 bits per heavy atom. The minimum Gasteiger partial charge on any atom is -0.368 e. The van der Waals surface area contributed by atoms with Crippen LogP contribution in [-0.4, -0.2) is 60.9 Å². The first-order valence-electron chi connectivity index (χ1n) is 9.09. The number of amides is 2. The first kappa shape index (κ1) is 18.1. The van der Waals surface area contributed by atoms with E-state index in [0.29, 0.717) is 19.0 Å². The lowest BCUT2D eigenvalue weighted by Crippen LogP contribution is -2.50. The molecular formula is C19H26ClN3O2. The lowest BCUT2D eigenvalue weighted by Gasteiger charge is -2.36. The third-order valence-electron chi connectivity index (χ3n) is 5.24. The highest BCUT2D eigenvalue weighted by Gasteiger charge is 2.26. The molecule has 136 valence electrons. The van der Waals surface area contributed by atoms with Gasteiger partial charge in [-0.3, -0.25) is 9.59 Å². The second-order valence-corrected chi connectivity index (χ2v) is 7.52. The number of likely N-dealkylation sites (tertiary alicyclic amines) is 1. The van der Waals surface area contributed by atoms with E-state index in [-0.39, 0.29) is 18.2 Å². The lowest BCUT2D eigenvalue weighted by molar-refractivity contribution is -0.141. The number of piperazine rings is 1. The maximum atomic E-state index is 12.5. The van der Waals surface area contributed by atoms with Gasteiger partial charge in [-0.05, 0) is 37.0 Å². The number of carbonyl (C=O) groups is 2. The fourth-order valence-electron chi connectivity index (χ4n) is 3.50. The van der Waals surface area contributed by atoms with Gasteiger partial charge in [0.05, 0.1) is 0 Å². The monoisotopic (exact) mass is 363 g/mol. The summed E-state index contributed by atoms with van der Waals surface area (Å²) in [5.74, 6) is 0.614. The van der Waals surface area contributed by atoms with Crippen molar-refractivity contribution in [2.75, 3.05) is 44.2 Å². The smallest absolute Gasteiger partial charge is 0.232 e. The number of anilines is 1. The Kier molecular flexibility index (Phi) is 5.84. The Bertz CT molecular complexity index is 621. The molecule has 2 fully saturated rings. The number of hydrogen-bond acceptors (Lipinski definition) is 3. The standard InChI is InChI=1S/C19H26ClN3O2/c1-15-5-7-22(8-6-15)18(24)14-19(25)23-11-9-21(10-12-23)17-4-2-3-16(20)13-17/h2-4,13,15H,5-12,14H2,1H3. The molecule has 0 aromatic heterocycles. The molecule has 0 saturated carbocycles. The van der Waals surface area contributed by atoms with Gasteiger partial charge in [0.2, 0.25) is 11.8 Å². The lowest BCUT2D eigenvalue weighted by atomic mass is 9.99. The van der Waals surface area contributed by atoms with Gasteiger partial charge in [-0.25, -0.2) is 0 Å². The first-order valence-corrected chi connectivity index (χ1v) is 9.47. The highest BCUT2D eigenvalue weighted by molar-refractivity contribution is 6.30. The Morgan fingerprint density at radius 3 is 2.20 bits per heavy atom. The second kappa shape index (κ2) is 8.09. The molecule has 0 unspecified atom stereocenters. The van der Waals surface area contributed by atoms with Crippen LogP contribution in [-0.2, 0) is 9.59 Å². The van der Waals surface area contributed by atoms with Gasteiger partial charge in [0, 0.05) is 50.0 Å². The molecule has 0 bridgehead atoms. The van der Waals surface area contributed by atoms with Crippen molar-refractivity contribution in [1.29, 1.82) is 0 Å². The average Bonchev–Trinajstić information content (AvgIpc) is 2.62. The Labute approximate surface area is 154 Å². The van der Waals surface area contributed by atoms with Crippen LogP contribution in [0.3, 0.4) is 0 Å². The fraction of sp³-hybridized carbons (Fsp3) is 0.579. The Hall–Kier alpha value is -1.75. The van der Waals surface area contributed by atoms with Crippen molar-refractivity contribution in [3.8, 4) is 0 Å². The van der Waals surface area contributed by atoms with Crippen molar-refractivity contribution in [3.05, 3.63) is 29.3 Å². The van der Waals surface area contributed by atoms with Crippen LogP contribution in [0.1, 0.15) is 26.2 Å². The minimum atomic E-state index is -0.0469. The largest absolute Gasteiger partial charge is 0.368 e. The predicted molar refractivity (Wildman–Crippen MR) is 99.8 cm³/mol. The van der Waals surface area contributed by atoms with Gasteiger partial charge in [-0.1, -0.05) is 24.6 Å². The number of hydrogen-bond donors (Lipinski definition) is 0. The van der Waals surface area contributed by atoms with Crippen molar-refractivity contribution in [2.45, 2.75) is 26.2 Å². The summed E-state index contributed by atoms with van der Waals surface area (Å²) in [5.41, 5.74) is 1.08. The van der Waals surface area contributed by atoms with Crippen molar-refractivity contribution in [1.82, 2.24) is 9.80 Å². The van der Waals surface area contributed by atoms with E-state index >= 15 is 0 Å². The number of halogens is 1. The Morgan fingerprint density at radius 1 is 1.00 bits per heavy atom. The molecule has 0 atom stereocenters. The van der Waals surface area contributed by atoms with Crippen LogP contribution < -0.4 is 4.90 Å². The van der Waals surface area contributed by atoms with E-state index < -0.39 is 0 Å². The van der Waals surface area contributed by atoms with Gasteiger partial charge in [0.15, 0.2) is 0 Å². The molecule has 3 rings (SSSR count). The molecule has 5 nitrogen and oxygen atoms in total. The van der Waals surface area contributed by atoms with E-state index in [2.05, 4.69) is 11.8 Å². The second-order valence-electron chi connectivity index (χ2n) is 7.09. The molecule has 25 heavy (non-hydrogen) atoms. The van der Waals surface area contributed by atoms with Gasteiger partial charge < -0.3 is 14.7 Å². The van der Waals surface area contributed by atoms with Crippen LogP contribution in [0.4, 0.5) is 5.69 Å². The highest BCUT2D eigenvalue weighted by atomic mass is 35.5. The summed E-state index contributed by atoms with van der Waals surface area (Å²) >= 11 is 6.05. The number of rotatable bonds is 3. The summed E-state index contributed by atoms with van der Waals surface area (Å²) in [6.07, 6.45) is 2.09. The SMILES string of the molecule is CC1CCN(C(=O)CC(=O)N2CCN(c3cccc(Cl)c3)CC2)CC1. The van der Waals surface area contributed by atoms with Gasteiger partial charge in [-0.15, -0.1) is 0 Å². The Balaban J connectivity index is 1.47. The molecule has 0 spiro atoms. The molecule has 0 radical (unpaired) electrons. The molecule has 0 N–H and O–H groups in total. The van der Waals surface area contributed by atoms with Crippen LogP contribution in [0.25, 0.3) is 0 Å². The van der Waals surface area contributed by atoms with Gasteiger partial charge >= 0.3 is 0 Å². The third kappa shape index (κ3) is 4.66. The third-order valence-corrected chi connectivity index (χ3v) is 5.48. The van der Waals surface area contributed by atoms with Crippen LogP contribution in [0.5, 0.6) is 0 Å². The molecule has 0 aliphatic carbocycles. The van der Waals surface area contributed by atoms with Gasteiger partial charge in [0.1, 0.15) is 6.42 Å². The van der Waals surface area contributed by atoms with Crippen LogP contribution >= 0.6 is 11.6 Å². The zero-order valence-electron chi connectivity index (χ0n) is 14.8. The fourth-order valence-corrected chi connectivity index (χ4v) is 3.68. The first-order chi connectivity index (χ1) is 12.0. The molecular weight excluding hydrogens is 338 g/mol. The molecule has 1 aromatic rings. The summed E-state index contributed by atoms with van der Waals surface area (Å²) in [6.45, 7) is 6.62. The highest BCUT2D eigenvalue weighted by Crippen LogP contribution is 2.21. The van der Waals surface area contributed by atoms with E-state index in [1.807, 2.05) is 34.1 Å². The van der Waals surface area contributed by atoms with E-state index in [1.165, 1.54) is 0 Å². The van der Waals surface area contributed by atoms with Crippen molar-refractivity contribution >= 4 is 29.1 Å². The van der Waals surface area contributed by atoms with Crippen LogP contribution in [0, 0.1) is 5.92 Å². The number of carbonyl (C=O) groups excluding carboxylic acids is 2. The normalized spacial score (nSPS) is 19.2. The quantitative estimate of drug-likeness (QED) is 0.775.